The lowest BCUT2D eigenvalue weighted by Crippen LogP contribution is -2.14. The maximum atomic E-state index is 7.49. The minimum absolute atomic E-state index is 0.0262. The average Bonchev–Trinajstić information content (AvgIpc) is 2.29. The van der Waals surface area contributed by atoms with Crippen LogP contribution in [0.2, 0.25) is 0 Å². The molecule has 0 radical (unpaired) electrons. The highest BCUT2D eigenvalue weighted by Crippen LogP contribution is 2.27. The smallest absolute Gasteiger partial charge is 0.141 e. The Bertz CT molecular complexity index is 537. The second kappa shape index (κ2) is 4.18. The summed E-state index contributed by atoms with van der Waals surface area (Å²) in [5.74, 6) is 0.613. The number of nitrogens with zero attached hydrogens (tertiary/aromatic N) is 1. The standard InChI is InChI=1S/C12H13N3O/c1-2-16-11-8-5-3-4-6-10(8)15-7-9(11)12(13)14/h3-7H,2H2,1H3,(H3,13,14). The van der Waals surface area contributed by atoms with Crippen molar-refractivity contribution in [2.45, 2.75) is 6.92 Å². The van der Waals surface area contributed by atoms with Gasteiger partial charge in [0.15, 0.2) is 0 Å². The zero-order chi connectivity index (χ0) is 11.5. The first-order valence-electron chi connectivity index (χ1n) is 5.09. The molecule has 4 heteroatoms. The monoisotopic (exact) mass is 215 g/mol. The third kappa shape index (κ3) is 1.69. The van der Waals surface area contributed by atoms with Gasteiger partial charge in [0.25, 0.3) is 0 Å². The fraction of sp³-hybridized carbons (Fsp3) is 0.167. The van der Waals surface area contributed by atoms with Crippen LogP contribution in [0.4, 0.5) is 0 Å². The lowest BCUT2D eigenvalue weighted by molar-refractivity contribution is 0.343. The normalized spacial score (nSPS) is 10.3. The molecule has 0 saturated heterocycles. The van der Waals surface area contributed by atoms with Crippen LogP contribution in [0.3, 0.4) is 0 Å². The second-order valence-electron chi connectivity index (χ2n) is 3.36. The largest absolute Gasteiger partial charge is 0.492 e. The minimum Gasteiger partial charge on any atom is -0.492 e. The maximum Gasteiger partial charge on any atom is 0.141 e. The number of nitrogens with two attached hydrogens (primary N) is 1. The van der Waals surface area contributed by atoms with Gasteiger partial charge < -0.3 is 10.5 Å². The maximum absolute atomic E-state index is 7.49. The van der Waals surface area contributed by atoms with Crippen LogP contribution in [-0.2, 0) is 0 Å². The van der Waals surface area contributed by atoms with Gasteiger partial charge in [-0.2, -0.15) is 0 Å². The van der Waals surface area contributed by atoms with Crippen molar-refractivity contribution in [2.24, 2.45) is 5.73 Å². The van der Waals surface area contributed by atoms with Gasteiger partial charge in [-0.1, -0.05) is 12.1 Å². The molecule has 0 aliphatic carbocycles. The van der Waals surface area contributed by atoms with Crippen molar-refractivity contribution < 1.29 is 4.74 Å². The number of rotatable bonds is 3. The molecule has 1 aromatic carbocycles. The molecule has 0 unspecified atom stereocenters. The molecular formula is C12H13N3O. The van der Waals surface area contributed by atoms with Gasteiger partial charge in [0.05, 0.1) is 17.7 Å². The van der Waals surface area contributed by atoms with E-state index in [0.29, 0.717) is 17.9 Å². The third-order valence-corrected chi connectivity index (χ3v) is 2.30. The molecule has 2 rings (SSSR count). The lowest BCUT2D eigenvalue weighted by Gasteiger charge is -2.11. The summed E-state index contributed by atoms with van der Waals surface area (Å²) in [6, 6.07) is 7.65. The van der Waals surface area contributed by atoms with Gasteiger partial charge in [-0.05, 0) is 19.1 Å². The number of amidine groups is 1. The Morgan fingerprint density at radius 1 is 1.44 bits per heavy atom. The fourth-order valence-corrected chi connectivity index (χ4v) is 1.61. The number of pyridine rings is 1. The lowest BCUT2D eigenvalue weighted by atomic mass is 10.1. The topological polar surface area (TPSA) is 72.0 Å². The van der Waals surface area contributed by atoms with E-state index in [2.05, 4.69) is 4.98 Å². The minimum atomic E-state index is -0.0262. The Hall–Kier alpha value is -2.10. The van der Waals surface area contributed by atoms with Crippen molar-refractivity contribution in [2.75, 3.05) is 6.61 Å². The van der Waals surface area contributed by atoms with Crippen molar-refractivity contribution in [3.63, 3.8) is 0 Å². The van der Waals surface area contributed by atoms with E-state index in [1.807, 2.05) is 31.2 Å². The quantitative estimate of drug-likeness (QED) is 0.607. The van der Waals surface area contributed by atoms with E-state index in [1.165, 1.54) is 0 Å². The molecule has 0 aliphatic rings. The van der Waals surface area contributed by atoms with Gasteiger partial charge in [0.2, 0.25) is 0 Å². The van der Waals surface area contributed by atoms with E-state index >= 15 is 0 Å². The molecule has 1 heterocycles. The molecular weight excluding hydrogens is 202 g/mol. The first kappa shape index (κ1) is 10.4. The van der Waals surface area contributed by atoms with Crippen LogP contribution in [-0.4, -0.2) is 17.4 Å². The van der Waals surface area contributed by atoms with Crippen molar-refractivity contribution in [3.8, 4) is 5.75 Å². The van der Waals surface area contributed by atoms with Gasteiger partial charge in [-0.3, -0.25) is 10.4 Å². The zero-order valence-electron chi connectivity index (χ0n) is 9.03. The highest BCUT2D eigenvalue weighted by atomic mass is 16.5. The van der Waals surface area contributed by atoms with Crippen LogP contribution in [0.5, 0.6) is 5.75 Å². The van der Waals surface area contributed by atoms with E-state index in [9.17, 15) is 0 Å². The summed E-state index contributed by atoms with van der Waals surface area (Å²) in [6.07, 6.45) is 1.58. The summed E-state index contributed by atoms with van der Waals surface area (Å²) in [6.45, 7) is 2.44. The summed E-state index contributed by atoms with van der Waals surface area (Å²) < 4.78 is 5.55. The third-order valence-electron chi connectivity index (χ3n) is 2.30. The molecule has 0 bridgehead atoms. The molecule has 0 aliphatic heterocycles. The molecule has 0 amide bonds. The SMILES string of the molecule is CCOc1c(C(=N)N)cnc2ccccc12. The number of hydrogen-bond acceptors (Lipinski definition) is 3. The van der Waals surface area contributed by atoms with Crippen LogP contribution in [0.1, 0.15) is 12.5 Å². The van der Waals surface area contributed by atoms with Crippen LogP contribution >= 0.6 is 0 Å². The van der Waals surface area contributed by atoms with Gasteiger partial charge in [0.1, 0.15) is 11.6 Å². The molecule has 3 N–H and O–H groups in total. The van der Waals surface area contributed by atoms with E-state index in [1.54, 1.807) is 6.20 Å². The number of benzene rings is 1. The number of aromatic nitrogens is 1. The summed E-state index contributed by atoms with van der Waals surface area (Å²) in [5, 5.41) is 8.37. The fourth-order valence-electron chi connectivity index (χ4n) is 1.61. The highest BCUT2D eigenvalue weighted by Gasteiger charge is 2.11. The van der Waals surface area contributed by atoms with E-state index in [4.69, 9.17) is 15.9 Å². The molecule has 82 valence electrons. The Morgan fingerprint density at radius 3 is 2.88 bits per heavy atom. The highest BCUT2D eigenvalue weighted by molar-refractivity contribution is 6.02. The number of nitrogen functional groups attached to an aromatic ring is 1. The van der Waals surface area contributed by atoms with E-state index in [0.717, 1.165) is 10.9 Å². The van der Waals surface area contributed by atoms with Gasteiger partial charge in [-0.25, -0.2) is 0 Å². The van der Waals surface area contributed by atoms with Crippen LogP contribution < -0.4 is 10.5 Å². The van der Waals surface area contributed by atoms with Gasteiger partial charge in [-0.15, -0.1) is 0 Å². The first-order valence-corrected chi connectivity index (χ1v) is 5.09. The van der Waals surface area contributed by atoms with Gasteiger partial charge in [0, 0.05) is 11.6 Å². The average molecular weight is 215 g/mol. The molecule has 0 spiro atoms. The van der Waals surface area contributed by atoms with Crippen molar-refractivity contribution in [3.05, 3.63) is 36.0 Å². The predicted molar refractivity (Wildman–Crippen MR) is 63.9 cm³/mol. The molecule has 0 saturated carbocycles. The summed E-state index contributed by atoms with van der Waals surface area (Å²) in [4.78, 5) is 4.24. The van der Waals surface area contributed by atoms with Crippen LogP contribution in [0, 0.1) is 5.41 Å². The summed E-state index contributed by atoms with van der Waals surface area (Å²) in [5.41, 5.74) is 6.88. The number of fused-ring (bicyclic) bond motifs is 1. The molecule has 0 fully saturated rings. The Morgan fingerprint density at radius 2 is 2.19 bits per heavy atom. The second-order valence-corrected chi connectivity index (χ2v) is 3.36. The van der Waals surface area contributed by atoms with Crippen molar-refractivity contribution in [1.29, 1.82) is 5.41 Å². The number of nitrogens with one attached hydrogen (secondary N) is 1. The summed E-state index contributed by atoms with van der Waals surface area (Å²) >= 11 is 0. The zero-order valence-corrected chi connectivity index (χ0v) is 9.03. The Labute approximate surface area is 93.6 Å². The number of hydrogen-bond donors (Lipinski definition) is 2. The number of para-hydroxylation sites is 1. The Balaban J connectivity index is 2.73. The van der Waals surface area contributed by atoms with E-state index in [-0.39, 0.29) is 5.84 Å². The predicted octanol–water partition coefficient (Wildman–Crippen LogP) is 1.92. The molecule has 0 atom stereocenters. The van der Waals surface area contributed by atoms with Crippen molar-refractivity contribution in [1.82, 2.24) is 4.98 Å². The molecule has 2 aromatic rings. The summed E-state index contributed by atoms with van der Waals surface area (Å²) in [7, 11) is 0. The van der Waals surface area contributed by atoms with Crippen molar-refractivity contribution >= 4 is 16.7 Å². The van der Waals surface area contributed by atoms with Crippen LogP contribution in [0.15, 0.2) is 30.5 Å². The number of ether oxygens (including phenoxy) is 1. The van der Waals surface area contributed by atoms with E-state index < -0.39 is 0 Å². The molecule has 1 aromatic heterocycles. The molecule has 4 nitrogen and oxygen atoms in total. The van der Waals surface area contributed by atoms with Crippen LogP contribution in [0.25, 0.3) is 10.9 Å². The van der Waals surface area contributed by atoms with Gasteiger partial charge >= 0.3 is 0 Å². The first-order chi connectivity index (χ1) is 7.74. The Kier molecular flexibility index (Phi) is 2.72. The molecule has 16 heavy (non-hydrogen) atoms.